The van der Waals surface area contributed by atoms with Gasteiger partial charge in [-0.25, -0.2) is 9.67 Å². The van der Waals surface area contributed by atoms with Crippen LogP contribution in [0.3, 0.4) is 0 Å². The van der Waals surface area contributed by atoms with E-state index in [1.54, 1.807) is 16.0 Å². The van der Waals surface area contributed by atoms with Gasteiger partial charge in [0.25, 0.3) is 5.56 Å². The summed E-state index contributed by atoms with van der Waals surface area (Å²) in [5.74, 6) is 0.726. The molecule has 6 nitrogen and oxygen atoms in total. The molecule has 0 aliphatic carbocycles. The molecule has 1 fully saturated rings. The van der Waals surface area contributed by atoms with Crippen LogP contribution < -0.4 is 5.56 Å². The highest BCUT2D eigenvalue weighted by molar-refractivity contribution is 7.13. The second-order valence-corrected chi connectivity index (χ2v) is 6.88. The normalized spacial score (nSPS) is 16.1. The van der Waals surface area contributed by atoms with Crippen molar-refractivity contribution in [3.8, 4) is 10.7 Å². The van der Waals surface area contributed by atoms with Gasteiger partial charge in [-0.05, 0) is 11.4 Å². The predicted octanol–water partition coefficient (Wildman–Crippen LogP) is 1.82. The summed E-state index contributed by atoms with van der Waals surface area (Å²) in [5.41, 5.74) is 0.513. The highest BCUT2D eigenvalue weighted by Gasteiger charge is 2.16. The number of nitrogens with zero attached hydrogens (tertiary/aromatic N) is 4. The third kappa shape index (κ3) is 3.85. The molecular weight excluding hydrogens is 312 g/mol. The van der Waals surface area contributed by atoms with Crippen molar-refractivity contribution in [1.29, 1.82) is 0 Å². The predicted molar refractivity (Wildman–Crippen MR) is 91.0 cm³/mol. The Labute approximate surface area is 139 Å². The Morgan fingerprint density at radius 3 is 2.74 bits per heavy atom. The van der Waals surface area contributed by atoms with Crippen molar-refractivity contribution in [3.63, 3.8) is 0 Å². The van der Waals surface area contributed by atoms with Crippen molar-refractivity contribution in [2.75, 3.05) is 32.8 Å². The Morgan fingerprint density at radius 2 is 2.09 bits per heavy atom. The second kappa shape index (κ2) is 7.33. The quantitative estimate of drug-likeness (QED) is 0.835. The molecule has 23 heavy (non-hydrogen) atoms. The smallest absolute Gasteiger partial charge is 0.288 e. The van der Waals surface area contributed by atoms with Crippen molar-refractivity contribution in [2.45, 2.75) is 26.3 Å². The lowest BCUT2D eigenvalue weighted by molar-refractivity contribution is 0.0357. The zero-order chi connectivity index (χ0) is 16.2. The van der Waals surface area contributed by atoms with Crippen LogP contribution in [-0.4, -0.2) is 52.5 Å². The lowest BCUT2D eigenvalue weighted by Crippen LogP contribution is -2.40. The number of hydrogen-bond acceptors (Lipinski definition) is 6. The Kier molecular flexibility index (Phi) is 5.20. The van der Waals surface area contributed by atoms with E-state index in [1.807, 2.05) is 31.4 Å². The number of thiophene rings is 1. The molecule has 0 N–H and O–H groups in total. The molecule has 0 unspecified atom stereocenters. The van der Waals surface area contributed by atoms with Crippen LogP contribution in [0.15, 0.2) is 22.3 Å². The van der Waals surface area contributed by atoms with Gasteiger partial charge < -0.3 is 4.74 Å². The number of hydrogen-bond donors (Lipinski definition) is 0. The molecule has 0 spiro atoms. The largest absolute Gasteiger partial charge is 0.379 e. The summed E-state index contributed by atoms with van der Waals surface area (Å²) in [7, 11) is 0. The maximum absolute atomic E-state index is 12.6. The molecule has 0 bridgehead atoms. The molecule has 0 aromatic carbocycles. The van der Waals surface area contributed by atoms with E-state index in [2.05, 4.69) is 15.0 Å². The maximum Gasteiger partial charge on any atom is 0.288 e. The third-order valence-corrected chi connectivity index (χ3v) is 4.78. The lowest BCUT2D eigenvalue weighted by Gasteiger charge is -2.26. The number of aromatic nitrogens is 3. The summed E-state index contributed by atoms with van der Waals surface area (Å²) in [6.45, 7) is 8.72. The Hall–Kier alpha value is -1.57. The molecule has 2 aromatic rings. The number of ether oxygens (including phenoxy) is 1. The molecule has 124 valence electrons. The fraction of sp³-hybridized carbons (Fsp3) is 0.562. The zero-order valence-corrected chi connectivity index (χ0v) is 14.4. The fourth-order valence-electron chi connectivity index (χ4n) is 2.57. The summed E-state index contributed by atoms with van der Waals surface area (Å²) >= 11 is 1.59. The summed E-state index contributed by atoms with van der Waals surface area (Å²) in [6.07, 6.45) is 0. The minimum atomic E-state index is -0.0754. The highest BCUT2D eigenvalue weighted by atomic mass is 32.1. The van der Waals surface area contributed by atoms with E-state index in [0.29, 0.717) is 18.1 Å². The third-order valence-electron chi connectivity index (χ3n) is 3.92. The van der Waals surface area contributed by atoms with E-state index in [1.165, 1.54) is 0 Å². The Bertz CT molecular complexity index is 691. The van der Waals surface area contributed by atoms with Crippen LogP contribution in [0.2, 0.25) is 0 Å². The summed E-state index contributed by atoms with van der Waals surface area (Å²) in [6, 6.07) is 3.96. The molecule has 2 aromatic heterocycles. The zero-order valence-electron chi connectivity index (χ0n) is 13.6. The van der Waals surface area contributed by atoms with Gasteiger partial charge in [0.05, 0.1) is 24.6 Å². The van der Waals surface area contributed by atoms with E-state index in [9.17, 15) is 4.79 Å². The second-order valence-electron chi connectivity index (χ2n) is 5.93. The average Bonchev–Trinajstić information content (AvgIpc) is 3.09. The summed E-state index contributed by atoms with van der Waals surface area (Å²) in [4.78, 5) is 20.4. The molecule has 0 amide bonds. The number of rotatable bonds is 5. The summed E-state index contributed by atoms with van der Waals surface area (Å²) in [5, 5.41) is 6.48. The molecule has 7 heteroatoms. The molecule has 0 saturated carbocycles. The minimum Gasteiger partial charge on any atom is -0.379 e. The first-order valence-electron chi connectivity index (χ1n) is 7.98. The first-order valence-corrected chi connectivity index (χ1v) is 8.86. The van der Waals surface area contributed by atoms with E-state index < -0.39 is 0 Å². The van der Waals surface area contributed by atoms with Gasteiger partial charge in [0.1, 0.15) is 5.69 Å². The molecule has 1 aliphatic rings. The van der Waals surface area contributed by atoms with Gasteiger partial charge in [0.2, 0.25) is 0 Å². The highest BCUT2D eigenvalue weighted by Crippen LogP contribution is 2.21. The van der Waals surface area contributed by atoms with Crippen LogP contribution in [0.1, 0.15) is 25.5 Å². The van der Waals surface area contributed by atoms with Crippen molar-refractivity contribution >= 4 is 11.3 Å². The van der Waals surface area contributed by atoms with Gasteiger partial charge in [-0.15, -0.1) is 16.4 Å². The molecule has 3 rings (SSSR count). The van der Waals surface area contributed by atoms with Gasteiger partial charge in [-0.3, -0.25) is 9.69 Å². The molecule has 3 heterocycles. The van der Waals surface area contributed by atoms with Gasteiger partial charge in [0.15, 0.2) is 5.82 Å². The fourth-order valence-corrected chi connectivity index (χ4v) is 3.23. The first kappa shape index (κ1) is 16.3. The van der Waals surface area contributed by atoms with Crippen LogP contribution >= 0.6 is 11.3 Å². The van der Waals surface area contributed by atoms with Crippen LogP contribution in [0.4, 0.5) is 0 Å². The first-order chi connectivity index (χ1) is 11.1. The van der Waals surface area contributed by atoms with Crippen LogP contribution in [0.25, 0.3) is 10.7 Å². The van der Waals surface area contributed by atoms with Crippen LogP contribution in [0.5, 0.6) is 0 Å². The van der Waals surface area contributed by atoms with E-state index in [4.69, 9.17) is 4.74 Å². The Balaban J connectivity index is 1.86. The van der Waals surface area contributed by atoms with Gasteiger partial charge >= 0.3 is 0 Å². The van der Waals surface area contributed by atoms with Crippen LogP contribution in [-0.2, 0) is 11.3 Å². The summed E-state index contributed by atoms with van der Waals surface area (Å²) < 4.78 is 6.94. The molecular formula is C16H22N4O2S. The van der Waals surface area contributed by atoms with E-state index in [-0.39, 0.29) is 11.5 Å². The van der Waals surface area contributed by atoms with Crippen molar-refractivity contribution in [1.82, 2.24) is 19.7 Å². The SMILES string of the molecule is CC(C)c1nc(-c2cccs2)nn(CCN2CCOCC2)c1=O. The molecule has 1 aliphatic heterocycles. The van der Waals surface area contributed by atoms with Gasteiger partial charge in [-0.2, -0.15) is 0 Å². The minimum absolute atomic E-state index is 0.0754. The number of morpholine rings is 1. The van der Waals surface area contributed by atoms with Gasteiger partial charge in [-0.1, -0.05) is 19.9 Å². The lowest BCUT2D eigenvalue weighted by atomic mass is 10.1. The van der Waals surface area contributed by atoms with Crippen molar-refractivity contribution in [2.24, 2.45) is 0 Å². The Morgan fingerprint density at radius 1 is 1.30 bits per heavy atom. The van der Waals surface area contributed by atoms with Crippen LogP contribution in [0, 0.1) is 0 Å². The topological polar surface area (TPSA) is 60.3 Å². The van der Waals surface area contributed by atoms with Gasteiger partial charge in [0, 0.05) is 25.6 Å². The molecule has 0 radical (unpaired) electrons. The van der Waals surface area contributed by atoms with E-state index >= 15 is 0 Å². The van der Waals surface area contributed by atoms with Crippen molar-refractivity contribution < 1.29 is 4.74 Å². The standard InChI is InChI=1S/C16H22N4O2S/c1-12(2)14-16(21)20(6-5-19-7-9-22-10-8-19)18-15(17-14)13-4-3-11-23-13/h3-4,11-12H,5-10H2,1-2H3. The monoisotopic (exact) mass is 334 g/mol. The van der Waals surface area contributed by atoms with E-state index in [0.717, 1.165) is 37.7 Å². The molecule has 1 saturated heterocycles. The maximum atomic E-state index is 12.6. The van der Waals surface area contributed by atoms with Crippen molar-refractivity contribution in [3.05, 3.63) is 33.6 Å². The average molecular weight is 334 g/mol. The molecule has 0 atom stereocenters.